The number of ether oxygens (including phenoxy) is 1. The van der Waals surface area contributed by atoms with Gasteiger partial charge >= 0.3 is 0 Å². The first-order valence-electron chi connectivity index (χ1n) is 12.7. The Hall–Kier alpha value is -1.59. The molecular weight excluding hydrogens is 414 g/mol. The number of benzene rings is 1. The molecule has 0 amide bonds. The highest BCUT2D eigenvalue weighted by molar-refractivity contribution is 6.01. The number of methoxy groups -OCH3 is 1. The van der Waals surface area contributed by atoms with E-state index in [4.69, 9.17) is 9.57 Å². The highest BCUT2D eigenvalue weighted by atomic mass is 16.7. The number of oxime groups is 1. The Kier molecular flexibility index (Phi) is 6.37. The molecule has 184 valence electrons. The molecule has 0 spiro atoms. The second kappa shape index (κ2) is 8.57. The van der Waals surface area contributed by atoms with Crippen molar-refractivity contribution in [3.63, 3.8) is 0 Å². The van der Waals surface area contributed by atoms with Crippen LogP contribution in [0.15, 0.2) is 29.4 Å². The van der Waals surface area contributed by atoms with Crippen LogP contribution in [0.5, 0.6) is 5.75 Å². The van der Waals surface area contributed by atoms with Crippen LogP contribution in [0.2, 0.25) is 0 Å². The Morgan fingerprint density at radius 2 is 1.82 bits per heavy atom. The Morgan fingerprint density at radius 1 is 1.12 bits per heavy atom. The fourth-order valence-electron chi connectivity index (χ4n) is 7.53. The molecule has 0 bridgehead atoms. The van der Waals surface area contributed by atoms with E-state index in [0.29, 0.717) is 24.2 Å². The number of aliphatic hydroxyl groups is 2. The van der Waals surface area contributed by atoms with Crippen molar-refractivity contribution in [1.29, 1.82) is 0 Å². The third kappa shape index (κ3) is 4.55. The highest BCUT2D eigenvalue weighted by Crippen LogP contribution is 2.63. The van der Waals surface area contributed by atoms with Gasteiger partial charge in [0.05, 0.1) is 18.4 Å². The summed E-state index contributed by atoms with van der Waals surface area (Å²) in [7, 11) is 1.65. The molecule has 1 aromatic rings. The molecule has 2 aliphatic carbocycles. The molecule has 2 N–H and O–H groups in total. The zero-order valence-electron chi connectivity index (χ0n) is 21.4. The Morgan fingerprint density at radius 3 is 2.48 bits per heavy atom. The Balaban J connectivity index is 1.44. The first-order valence-corrected chi connectivity index (χ1v) is 12.7. The van der Waals surface area contributed by atoms with Crippen molar-refractivity contribution in [3.8, 4) is 5.75 Å². The minimum Gasteiger partial charge on any atom is -0.497 e. The minimum atomic E-state index is -1.01. The molecule has 33 heavy (non-hydrogen) atoms. The fraction of sp³-hybridized carbons (Fsp3) is 0.750. The van der Waals surface area contributed by atoms with Gasteiger partial charge in [0.15, 0.2) is 6.10 Å². The van der Waals surface area contributed by atoms with Crippen LogP contribution in [0.3, 0.4) is 0 Å². The van der Waals surface area contributed by atoms with Crippen molar-refractivity contribution in [1.82, 2.24) is 0 Å². The van der Waals surface area contributed by atoms with Crippen LogP contribution in [-0.2, 0) is 4.84 Å². The van der Waals surface area contributed by atoms with E-state index in [0.717, 1.165) is 42.7 Å². The molecule has 3 aliphatic rings. The lowest BCUT2D eigenvalue weighted by atomic mass is 9.45. The molecule has 2 fully saturated rings. The number of rotatable bonds is 6. The van der Waals surface area contributed by atoms with Crippen LogP contribution < -0.4 is 4.74 Å². The van der Waals surface area contributed by atoms with Crippen LogP contribution in [-0.4, -0.2) is 40.3 Å². The summed E-state index contributed by atoms with van der Waals surface area (Å²) in [6, 6.07) is 7.78. The van der Waals surface area contributed by atoms with Gasteiger partial charge < -0.3 is 19.8 Å². The summed E-state index contributed by atoms with van der Waals surface area (Å²) >= 11 is 0. The summed E-state index contributed by atoms with van der Waals surface area (Å²) in [6.07, 6.45) is 7.15. The van der Waals surface area contributed by atoms with Crippen LogP contribution in [0.1, 0.15) is 91.5 Å². The molecule has 1 aromatic carbocycles. The molecule has 0 aromatic heterocycles. The average molecular weight is 458 g/mol. The van der Waals surface area contributed by atoms with Crippen LogP contribution >= 0.6 is 0 Å². The second-order valence-electron chi connectivity index (χ2n) is 12.3. The van der Waals surface area contributed by atoms with Gasteiger partial charge in [-0.05, 0) is 105 Å². The predicted molar refractivity (Wildman–Crippen MR) is 131 cm³/mol. The standard InChI is InChI=1S/C28H43NO4/c1-25(2)14-7-15-26(3)22(25)12-16-27(4,30)23(26)13-17-28(5,31)24-18-21(29-33-24)19-8-10-20(32-6)11-9-19/h8-11,22-24,30-31H,7,12-18H2,1-6H3/t22-,23+,24-,26-,27+,28-/m0/s1. The number of nitrogens with zero attached hydrogens (tertiary/aromatic N) is 1. The van der Waals surface area contributed by atoms with Crippen molar-refractivity contribution in [2.45, 2.75) is 103 Å². The van der Waals surface area contributed by atoms with E-state index in [1.54, 1.807) is 7.11 Å². The topological polar surface area (TPSA) is 71.3 Å². The molecule has 1 aliphatic heterocycles. The van der Waals surface area contributed by atoms with Crippen molar-refractivity contribution < 1.29 is 19.8 Å². The van der Waals surface area contributed by atoms with E-state index >= 15 is 0 Å². The van der Waals surface area contributed by atoms with Crippen molar-refractivity contribution in [2.24, 2.45) is 27.8 Å². The Labute approximate surface area is 199 Å². The maximum atomic E-state index is 11.5. The fourth-order valence-corrected chi connectivity index (χ4v) is 7.53. The van der Waals surface area contributed by atoms with Gasteiger partial charge in [-0.1, -0.05) is 32.3 Å². The normalized spacial score (nSPS) is 37.5. The predicted octanol–water partition coefficient (Wildman–Crippen LogP) is 5.71. The lowest BCUT2D eigenvalue weighted by Gasteiger charge is -2.61. The molecule has 5 nitrogen and oxygen atoms in total. The van der Waals surface area contributed by atoms with Crippen LogP contribution in [0.4, 0.5) is 0 Å². The lowest BCUT2D eigenvalue weighted by molar-refractivity contribution is -0.176. The summed E-state index contributed by atoms with van der Waals surface area (Å²) in [4.78, 5) is 5.74. The van der Waals surface area contributed by atoms with E-state index in [1.807, 2.05) is 38.1 Å². The van der Waals surface area contributed by atoms with Gasteiger partial charge in [0, 0.05) is 6.42 Å². The third-order valence-corrected chi connectivity index (χ3v) is 9.49. The van der Waals surface area contributed by atoms with Crippen molar-refractivity contribution in [2.75, 3.05) is 7.11 Å². The van der Waals surface area contributed by atoms with Gasteiger partial charge in [-0.15, -0.1) is 0 Å². The molecule has 0 saturated heterocycles. The molecule has 0 radical (unpaired) electrons. The first-order chi connectivity index (χ1) is 15.4. The van der Waals surface area contributed by atoms with Gasteiger partial charge in [0.25, 0.3) is 0 Å². The smallest absolute Gasteiger partial charge is 0.161 e. The van der Waals surface area contributed by atoms with E-state index in [9.17, 15) is 10.2 Å². The Bertz CT molecular complexity index is 872. The number of hydrogen-bond acceptors (Lipinski definition) is 5. The summed E-state index contributed by atoms with van der Waals surface area (Å²) < 4.78 is 5.24. The van der Waals surface area contributed by atoms with Gasteiger partial charge in [-0.25, -0.2) is 0 Å². The van der Waals surface area contributed by atoms with Crippen molar-refractivity contribution >= 4 is 5.71 Å². The summed E-state index contributed by atoms with van der Waals surface area (Å²) in [6.45, 7) is 11.1. The third-order valence-electron chi connectivity index (χ3n) is 9.49. The van der Waals surface area contributed by atoms with Crippen molar-refractivity contribution in [3.05, 3.63) is 29.8 Å². The highest BCUT2D eigenvalue weighted by Gasteiger charge is 2.58. The summed E-state index contributed by atoms with van der Waals surface area (Å²) in [5, 5.41) is 27.2. The van der Waals surface area contributed by atoms with E-state index < -0.39 is 11.2 Å². The molecule has 5 heteroatoms. The first kappa shape index (κ1) is 24.5. The van der Waals surface area contributed by atoms with E-state index in [-0.39, 0.29) is 17.4 Å². The molecule has 1 heterocycles. The van der Waals surface area contributed by atoms with Gasteiger partial charge in [-0.2, -0.15) is 0 Å². The maximum Gasteiger partial charge on any atom is 0.161 e. The van der Waals surface area contributed by atoms with E-state index in [2.05, 4.69) is 25.9 Å². The SMILES string of the molecule is COc1ccc(C2=NO[C@H]([C@@](C)(O)CC[C@@H]3[C@@]4(C)CCCC(C)(C)[C@@H]4CC[C@@]3(C)O)C2)cc1. The largest absolute Gasteiger partial charge is 0.497 e. The molecule has 6 atom stereocenters. The summed E-state index contributed by atoms with van der Waals surface area (Å²) in [5.74, 6) is 1.58. The molecule has 2 saturated carbocycles. The monoisotopic (exact) mass is 457 g/mol. The summed E-state index contributed by atoms with van der Waals surface area (Å²) in [5.41, 5.74) is 0.538. The van der Waals surface area contributed by atoms with Gasteiger partial charge in [0.2, 0.25) is 0 Å². The lowest BCUT2D eigenvalue weighted by Crippen LogP contribution is -2.58. The quantitative estimate of drug-likeness (QED) is 0.574. The zero-order valence-corrected chi connectivity index (χ0v) is 21.4. The zero-order chi connectivity index (χ0) is 24.1. The van der Waals surface area contributed by atoms with Gasteiger partial charge in [0.1, 0.15) is 11.4 Å². The van der Waals surface area contributed by atoms with Crippen LogP contribution in [0.25, 0.3) is 0 Å². The molecule has 4 rings (SSSR count). The average Bonchev–Trinajstić information content (AvgIpc) is 3.23. The molecular formula is C28H43NO4. The van der Waals surface area contributed by atoms with E-state index in [1.165, 1.54) is 12.8 Å². The van der Waals surface area contributed by atoms with Crippen LogP contribution in [0, 0.1) is 22.7 Å². The second-order valence-corrected chi connectivity index (χ2v) is 12.3. The maximum absolute atomic E-state index is 11.5. The molecule has 0 unspecified atom stereocenters. The number of fused-ring (bicyclic) bond motifs is 1. The number of hydrogen-bond donors (Lipinski definition) is 2. The minimum absolute atomic E-state index is 0.0981. The van der Waals surface area contributed by atoms with Gasteiger partial charge in [-0.3, -0.25) is 0 Å².